The zero-order valence-electron chi connectivity index (χ0n) is 13.9. The Hall–Kier alpha value is -3.46. The molecule has 2 fully saturated rings. The number of nitrogens with zero attached hydrogens (tertiary/aromatic N) is 2. The van der Waals surface area contributed by atoms with Crippen LogP contribution in [0.1, 0.15) is 11.5 Å². The number of methoxy groups -OCH3 is 1. The Morgan fingerprint density at radius 1 is 1.04 bits per heavy atom. The molecule has 2 aromatic rings. The van der Waals surface area contributed by atoms with E-state index in [2.05, 4.69) is 0 Å². The summed E-state index contributed by atoms with van der Waals surface area (Å²) in [4.78, 5) is 40.1. The monoisotopic (exact) mass is 346 g/mol. The van der Waals surface area contributed by atoms with Crippen molar-refractivity contribution < 1.29 is 19.1 Å². The summed E-state index contributed by atoms with van der Waals surface area (Å²) in [6.07, 6.45) is 0. The summed E-state index contributed by atoms with van der Waals surface area (Å²) in [6.45, 7) is 0. The molecule has 2 aliphatic rings. The molecule has 0 bridgehead atoms. The van der Waals surface area contributed by atoms with Gasteiger partial charge in [0.2, 0.25) is 0 Å². The molecule has 1 aliphatic heterocycles. The van der Waals surface area contributed by atoms with Crippen LogP contribution in [0.4, 0.5) is 5.69 Å². The van der Waals surface area contributed by atoms with Crippen LogP contribution in [0.25, 0.3) is 0 Å². The van der Waals surface area contributed by atoms with Crippen molar-refractivity contribution in [2.75, 3.05) is 12.0 Å². The van der Waals surface area contributed by atoms with Crippen LogP contribution in [-0.4, -0.2) is 24.9 Å². The minimum Gasteiger partial charge on any atom is -0.468 e. The number of esters is 1. The van der Waals surface area contributed by atoms with Crippen molar-refractivity contribution in [3.05, 3.63) is 66.2 Å². The highest BCUT2D eigenvalue weighted by atomic mass is 16.5. The van der Waals surface area contributed by atoms with E-state index in [1.165, 1.54) is 0 Å². The molecule has 6 nitrogen and oxygen atoms in total. The number of nitriles is 1. The lowest BCUT2D eigenvalue weighted by Crippen LogP contribution is -2.40. The molecule has 26 heavy (non-hydrogen) atoms. The van der Waals surface area contributed by atoms with E-state index in [4.69, 9.17) is 4.74 Å². The van der Waals surface area contributed by atoms with E-state index in [0.717, 1.165) is 12.0 Å². The molecule has 1 saturated carbocycles. The van der Waals surface area contributed by atoms with Crippen molar-refractivity contribution in [1.29, 1.82) is 5.26 Å². The molecule has 1 saturated heterocycles. The van der Waals surface area contributed by atoms with E-state index < -0.39 is 34.5 Å². The minimum absolute atomic E-state index is 0.333. The Morgan fingerprint density at radius 2 is 1.62 bits per heavy atom. The highest BCUT2D eigenvalue weighted by Crippen LogP contribution is 2.79. The van der Waals surface area contributed by atoms with E-state index in [9.17, 15) is 19.6 Å². The minimum atomic E-state index is -1.84. The van der Waals surface area contributed by atoms with Crippen molar-refractivity contribution in [1.82, 2.24) is 0 Å². The molecule has 0 spiro atoms. The second kappa shape index (κ2) is 5.27. The fraction of sp³-hybridized carbons (Fsp3) is 0.200. The third-order valence-corrected chi connectivity index (χ3v) is 5.32. The number of imide groups is 1. The van der Waals surface area contributed by atoms with Crippen LogP contribution in [0.3, 0.4) is 0 Å². The van der Waals surface area contributed by atoms with Gasteiger partial charge in [0.05, 0.1) is 18.9 Å². The maximum atomic E-state index is 13.3. The summed E-state index contributed by atoms with van der Waals surface area (Å²) < 4.78 is 4.87. The van der Waals surface area contributed by atoms with Crippen LogP contribution >= 0.6 is 0 Å². The van der Waals surface area contributed by atoms with Gasteiger partial charge in [-0.1, -0.05) is 48.5 Å². The molecule has 0 aromatic heterocycles. The first-order chi connectivity index (χ1) is 12.6. The SMILES string of the molecule is COC(=O)C12C(=O)N(c3ccccc3)C(=O)C1(C#N)C2c1ccccc1. The highest BCUT2D eigenvalue weighted by Gasteiger charge is 2.95. The smallest absolute Gasteiger partial charge is 0.324 e. The number of para-hydroxylation sites is 1. The summed E-state index contributed by atoms with van der Waals surface area (Å²) in [5.41, 5.74) is -2.70. The van der Waals surface area contributed by atoms with Gasteiger partial charge in [-0.25, -0.2) is 4.90 Å². The molecule has 6 heteroatoms. The summed E-state index contributed by atoms with van der Waals surface area (Å²) in [5.74, 6) is -3.11. The number of anilines is 1. The number of hydrogen-bond donors (Lipinski definition) is 0. The van der Waals surface area contributed by atoms with Gasteiger partial charge in [0.25, 0.3) is 11.8 Å². The lowest BCUT2D eigenvalue weighted by atomic mass is 9.96. The Morgan fingerprint density at radius 3 is 2.15 bits per heavy atom. The van der Waals surface area contributed by atoms with Gasteiger partial charge in [-0.15, -0.1) is 0 Å². The van der Waals surface area contributed by atoms with Crippen molar-refractivity contribution in [2.45, 2.75) is 5.92 Å². The van der Waals surface area contributed by atoms with Crippen LogP contribution in [0.2, 0.25) is 0 Å². The maximum Gasteiger partial charge on any atom is 0.324 e. The van der Waals surface area contributed by atoms with Gasteiger partial charge in [0.1, 0.15) is 0 Å². The third-order valence-electron chi connectivity index (χ3n) is 5.32. The van der Waals surface area contributed by atoms with Gasteiger partial charge < -0.3 is 4.74 Å². The number of amides is 2. The van der Waals surface area contributed by atoms with E-state index in [0.29, 0.717) is 11.3 Å². The summed E-state index contributed by atoms with van der Waals surface area (Å²) in [6, 6.07) is 19.0. The zero-order chi connectivity index (χ0) is 18.5. The molecule has 0 N–H and O–H groups in total. The lowest BCUT2D eigenvalue weighted by Gasteiger charge is -2.21. The molecule has 128 valence electrons. The second-order valence-electron chi connectivity index (χ2n) is 6.34. The van der Waals surface area contributed by atoms with Gasteiger partial charge in [0, 0.05) is 5.92 Å². The summed E-state index contributed by atoms with van der Waals surface area (Å²) in [7, 11) is 1.16. The van der Waals surface area contributed by atoms with Crippen molar-refractivity contribution in [3.63, 3.8) is 0 Å². The number of rotatable bonds is 3. The molecule has 4 rings (SSSR count). The predicted molar refractivity (Wildman–Crippen MR) is 90.6 cm³/mol. The molecule has 1 heterocycles. The number of carbonyl (C=O) groups excluding carboxylic acids is 3. The number of piperidine rings is 1. The number of fused-ring (bicyclic) bond motifs is 1. The van der Waals surface area contributed by atoms with Gasteiger partial charge in [-0.3, -0.25) is 14.4 Å². The Labute approximate surface area is 149 Å². The van der Waals surface area contributed by atoms with Crippen LogP contribution in [0.15, 0.2) is 60.7 Å². The molecule has 3 atom stereocenters. The van der Waals surface area contributed by atoms with Crippen LogP contribution < -0.4 is 4.90 Å². The number of carbonyl (C=O) groups is 3. The average Bonchev–Trinajstić information content (AvgIpc) is 3.28. The fourth-order valence-electron chi connectivity index (χ4n) is 4.19. The number of hydrogen-bond acceptors (Lipinski definition) is 5. The standard InChI is InChI=1S/C20H14N2O4/c1-26-18(25)20-15(13-8-4-2-5-9-13)19(20,12-21)16(23)22(17(20)24)14-10-6-3-7-11-14/h2-11,15H,1H3. The summed E-state index contributed by atoms with van der Waals surface area (Å²) >= 11 is 0. The van der Waals surface area contributed by atoms with Crippen LogP contribution in [-0.2, 0) is 19.1 Å². The summed E-state index contributed by atoms with van der Waals surface area (Å²) in [5, 5.41) is 9.90. The largest absolute Gasteiger partial charge is 0.468 e. The second-order valence-corrected chi connectivity index (χ2v) is 6.34. The molecule has 1 aliphatic carbocycles. The lowest BCUT2D eigenvalue weighted by molar-refractivity contribution is -0.151. The maximum absolute atomic E-state index is 13.3. The topological polar surface area (TPSA) is 87.5 Å². The Balaban J connectivity index is 1.92. The first kappa shape index (κ1) is 16.0. The van der Waals surface area contributed by atoms with Crippen molar-refractivity contribution in [2.24, 2.45) is 10.8 Å². The number of benzene rings is 2. The predicted octanol–water partition coefficient (Wildman–Crippen LogP) is 2.03. The van der Waals surface area contributed by atoms with Crippen LogP contribution in [0, 0.1) is 22.2 Å². The third kappa shape index (κ3) is 1.58. The molecular formula is C20H14N2O4. The van der Waals surface area contributed by atoms with E-state index in [1.54, 1.807) is 60.7 Å². The molecule has 0 radical (unpaired) electrons. The van der Waals surface area contributed by atoms with Gasteiger partial charge >= 0.3 is 5.97 Å². The van der Waals surface area contributed by atoms with Crippen molar-refractivity contribution >= 4 is 23.5 Å². The zero-order valence-corrected chi connectivity index (χ0v) is 13.9. The van der Waals surface area contributed by atoms with Gasteiger partial charge in [0.15, 0.2) is 10.8 Å². The average molecular weight is 346 g/mol. The fourth-order valence-corrected chi connectivity index (χ4v) is 4.19. The molecular weight excluding hydrogens is 332 g/mol. The highest BCUT2D eigenvalue weighted by molar-refractivity contribution is 6.37. The normalized spacial score (nSPS) is 29.1. The van der Waals surface area contributed by atoms with Gasteiger partial charge in [-0.2, -0.15) is 5.26 Å². The quantitative estimate of drug-likeness (QED) is 0.482. The molecule has 2 aromatic carbocycles. The Bertz CT molecular complexity index is 966. The first-order valence-corrected chi connectivity index (χ1v) is 8.06. The van der Waals surface area contributed by atoms with E-state index in [1.807, 2.05) is 6.07 Å². The number of ether oxygens (including phenoxy) is 1. The van der Waals surface area contributed by atoms with E-state index in [-0.39, 0.29) is 0 Å². The van der Waals surface area contributed by atoms with Gasteiger partial charge in [-0.05, 0) is 17.7 Å². The molecule has 3 unspecified atom stereocenters. The molecule has 2 amide bonds. The van der Waals surface area contributed by atoms with Crippen molar-refractivity contribution in [3.8, 4) is 6.07 Å². The first-order valence-electron chi connectivity index (χ1n) is 8.06. The van der Waals surface area contributed by atoms with E-state index >= 15 is 0 Å². The Kier molecular flexibility index (Phi) is 3.25. The van der Waals surface area contributed by atoms with Crippen LogP contribution in [0.5, 0.6) is 0 Å².